The number of rotatable bonds is 1. The molecule has 0 amide bonds. The quantitative estimate of drug-likeness (QED) is 0.429. The van der Waals surface area contributed by atoms with E-state index in [2.05, 4.69) is 9.55 Å². The summed E-state index contributed by atoms with van der Waals surface area (Å²) in [6.45, 7) is 0.488. The molecule has 0 radical (unpaired) electrons. The van der Waals surface area contributed by atoms with Gasteiger partial charge < -0.3 is 8.98 Å². The first-order chi connectivity index (χ1) is 12.2. The molecule has 0 spiro atoms. The highest BCUT2D eigenvalue weighted by Crippen LogP contribution is 2.31. The van der Waals surface area contributed by atoms with Crippen LogP contribution in [0.2, 0.25) is 10.2 Å². The van der Waals surface area contributed by atoms with Crippen LogP contribution in [0.25, 0.3) is 16.7 Å². The number of nitrogens with zero attached hydrogens (tertiary/aromatic N) is 3. The Morgan fingerprint density at radius 1 is 1.08 bits per heavy atom. The van der Waals surface area contributed by atoms with E-state index in [0.29, 0.717) is 28.1 Å². The van der Waals surface area contributed by atoms with Gasteiger partial charge in [0.05, 0.1) is 17.9 Å². The number of furan rings is 1. The van der Waals surface area contributed by atoms with Crippen LogP contribution in [0.1, 0.15) is 17.0 Å². The van der Waals surface area contributed by atoms with Crippen molar-refractivity contribution >= 4 is 39.9 Å². The second-order valence-corrected chi connectivity index (χ2v) is 6.62. The molecule has 0 saturated carbocycles. The van der Waals surface area contributed by atoms with E-state index in [1.807, 2.05) is 42.6 Å². The molecular weight excluding hydrogens is 357 g/mol. The molecule has 1 aliphatic heterocycles. The van der Waals surface area contributed by atoms with Crippen LogP contribution < -0.4 is 0 Å². The SMILES string of the molecule is Clc1cc2oc(C3=NCc4c(Cl)cccc4-n4cccc43)cc2cn1. The zero-order valence-electron chi connectivity index (χ0n) is 12.9. The minimum absolute atomic E-state index is 0.402. The lowest BCUT2D eigenvalue weighted by Gasteiger charge is -2.10. The van der Waals surface area contributed by atoms with Gasteiger partial charge in [-0.2, -0.15) is 0 Å². The molecule has 5 rings (SSSR count). The van der Waals surface area contributed by atoms with E-state index in [1.54, 1.807) is 12.3 Å². The van der Waals surface area contributed by atoms with Crippen LogP contribution in [-0.2, 0) is 6.54 Å². The number of hydrogen-bond acceptors (Lipinski definition) is 3. The van der Waals surface area contributed by atoms with Crippen molar-refractivity contribution < 1.29 is 4.42 Å². The van der Waals surface area contributed by atoms with Gasteiger partial charge in [0.2, 0.25) is 0 Å². The van der Waals surface area contributed by atoms with Gasteiger partial charge >= 0.3 is 0 Å². The summed E-state index contributed by atoms with van der Waals surface area (Å²) in [4.78, 5) is 8.90. The third-order valence-corrected chi connectivity index (χ3v) is 4.90. The Balaban J connectivity index is 1.73. The smallest absolute Gasteiger partial charge is 0.155 e. The van der Waals surface area contributed by atoms with Crippen LogP contribution in [0.3, 0.4) is 0 Å². The van der Waals surface area contributed by atoms with Crippen molar-refractivity contribution in [2.75, 3.05) is 0 Å². The second kappa shape index (κ2) is 5.48. The monoisotopic (exact) mass is 367 g/mol. The van der Waals surface area contributed by atoms with Gasteiger partial charge in [-0.05, 0) is 30.3 Å². The van der Waals surface area contributed by atoms with Gasteiger partial charge in [0.25, 0.3) is 0 Å². The van der Waals surface area contributed by atoms with Gasteiger partial charge in [0, 0.05) is 34.4 Å². The average Bonchev–Trinajstić information content (AvgIpc) is 3.20. The summed E-state index contributed by atoms with van der Waals surface area (Å²) in [6.07, 6.45) is 3.71. The Bertz CT molecular complexity index is 1160. The predicted molar refractivity (Wildman–Crippen MR) is 99.1 cm³/mol. The molecule has 0 atom stereocenters. The van der Waals surface area contributed by atoms with E-state index < -0.39 is 0 Å². The highest BCUT2D eigenvalue weighted by Gasteiger charge is 2.22. The Hall–Kier alpha value is -2.56. The van der Waals surface area contributed by atoms with Crippen molar-refractivity contribution in [2.24, 2.45) is 4.99 Å². The number of aliphatic imine (C=N–C) groups is 1. The first-order valence-electron chi connectivity index (χ1n) is 7.76. The summed E-state index contributed by atoms with van der Waals surface area (Å²) >= 11 is 12.4. The van der Waals surface area contributed by atoms with Gasteiger partial charge in [0.1, 0.15) is 16.4 Å². The number of hydrogen-bond donors (Lipinski definition) is 0. The fraction of sp³-hybridized carbons (Fsp3) is 0.0526. The molecule has 0 unspecified atom stereocenters. The summed E-state index contributed by atoms with van der Waals surface area (Å²) in [7, 11) is 0. The van der Waals surface area contributed by atoms with Crippen molar-refractivity contribution in [3.05, 3.63) is 82.1 Å². The predicted octanol–water partition coefficient (Wildman–Crippen LogP) is 5.28. The first-order valence-corrected chi connectivity index (χ1v) is 8.52. The standard InChI is InChI=1S/C19H11Cl2N3O/c20-13-3-1-4-14-12(13)10-23-19(15-5-2-6-24(14)15)17-7-11-9-22-18(21)8-16(11)25-17/h1-9H,10H2. The van der Waals surface area contributed by atoms with Gasteiger partial charge in [0.15, 0.2) is 5.76 Å². The van der Waals surface area contributed by atoms with Gasteiger partial charge in [-0.15, -0.1) is 0 Å². The Morgan fingerprint density at radius 2 is 2.00 bits per heavy atom. The minimum atomic E-state index is 0.402. The Kier molecular flexibility index (Phi) is 3.23. The fourth-order valence-corrected chi connectivity index (χ4v) is 3.56. The van der Waals surface area contributed by atoms with Crippen LogP contribution in [0.5, 0.6) is 0 Å². The first kappa shape index (κ1) is 14.8. The fourth-order valence-electron chi connectivity index (χ4n) is 3.18. The van der Waals surface area contributed by atoms with E-state index in [1.165, 1.54) is 0 Å². The van der Waals surface area contributed by atoms with E-state index in [4.69, 9.17) is 32.6 Å². The molecule has 0 N–H and O–H groups in total. The van der Waals surface area contributed by atoms with Crippen LogP contribution in [0, 0.1) is 0 Å². The van der Waals surface area contributed by atoms with Gasteiger partial charge in [-0.1, -0.05) is 29.3 Å². The zero-order chi connectivity index (χ0) is 17.0. The maximum atomic E-state index is 6.39. The molecule has 0 bridgehead atoms. The molecule has 0 fully saturated rings. The molecule has 4 aromatic rings. The topological polar surface area (TPSA) is 43.3 Å². The van der Waals surface area contributed by atoms with E-state index in [9.17, 15) is 0 Å². The van der Waals surface area contributed by atoms with Crippen LogP contribution in [0.15, 0.2) is 64.3 Å². The molecule has 4 heterocycles. The molecule has 0 saturated heterocycles. The molecule has 6 heteroatoms. The molecular formula is C19H11Cl2N3O. The molecule has 25 heavy (non-hydrogen) atoms. The summed E-state index contributed by atoms with van der Waals surface area (Å²) in [5.74, 6) is 0.683. The van der Waals surface area contributed by atoms with Gasteiger partial charge in [-0.25, -0.2) is 4.98 Å². The lowest BCUT2D eigenvalue weighted by molar-refractivity contribution is 0.604. The van der Waals surface area contributed by atoms with Crippen LogP contribution in [0.4, 0.5) is 0 Å². The van der Waals surface area contributed by atoms with Crippen molar-refractivity contribution in [3.8, 4) is 5.69 Å². The number of pyridine rings is 1. The number of benzene rings is 1. The Labute approximate surface area is 153 Å². The second-order valence-electron chi connectivity index (χ2n) is 5.82. The molecule has 1 aromatic carbocycles. The summed E-state index contributed by atoms with van der Waals surface area (Å²) < 4.78 is 8.09. The minimum Gasteiger partial charge on any atom is -0.454 e. The maximum absolute atomic E-state index is 6.39. The molecule has 3 aromatic heterocycles. The van der Waals surface area contributed by atoms with Crippen molar-refractivity contribution in [1.29, 1.82) is 0 Å². The van der Waals surface area contributed by atoms with E-state index >= 15 is 0 Å². The molecule has 1 aliphatic rings. The summed E-state index contributed by atoms with van der Waals surface area (Å²) in [6, 6.07) is 13.5. The van der Waals surface area contributed by atoms with Crippen molar-refractivity contribution in [3.63, 3.8) is 0 Å². The van der Waals surface area contributed by atoms with Crippen LogP contribution in [-0.4, -0.2) is 15.3 Å². The van der Waals surface area contributed by atoms with Crippen LogP contribution >= 0.6 is 23.2 Å². The summed E-state index contributed by atoms with van der Waals surface area (Å²) in [5.41, 5.74) is 4.46. The highest BCUT2D eigenvalue weighted by molar-refractivity contribution is 6.31. The zero-order valence-corrected chi connectivity index (χ0v) is 14.4. The molecule has 122 valence electrons. The lowest BCUT2D eigenvalue weighted by Crippen LogP contribution is -2.07. The third kappa shape index (κ3) is 2.29. The highest BCUT2D eigenvalue weighted by atomic mass is 35.5. The lowest BCUT2D eigenvalue weighted by atomic mass is 10.1. The van der Waals surface area contributed by atoms with E-state index in [0.717, 1.165) is 28.0 Å². The molecule has 0 aliphatic carbocycles. The largest absolute Gasteiger partial charge is 0.454 e. The third-order valence-electron chi connectivity index (χ3n) is 4.34. The maximum Gasteiger partial charge on any atom is 0.155 e. The van der Waals surface area contributed by atoms with Gasteiger partial charge in [-0.3, -0.25) is 4.99 Å². The summed E-state index contributed by atoms with van der Waals surface area (Å²) in [5, 5.41) is 2.00. The number of fused-ring (bicyclic) bond motifs is 4. The van der Waals surface area contributed by atoms with Crippen molar-refractivity contribution in [2.45, 2.75) is 6.54 Å². The van der Waals surface area contributed by atoms with E-state index in [-0.39, 0.29) is 0 Å². The molecule has 4 nitrogen and oxygen atoms in total. The number of aromatic nitrogens is 2. The normalized spacial score (nSPS) is 13.3. The van der Waals surface area contributed by atoms with Crippen molar-refractivity contribution in [1.82, 2.24) is 9.55 Å². The average molecular weight is 368 g/mol. The Morgan fingerprint density at radius 3 is 2.92 bits per heavy atom. The number of halogens is 2.